The van der Waals surface area contributed by atoms with E-state index in [0.717, 1.165) is 18.9 Å². The summed E-state index contributed by atoms with van der Waals surface area (Å²) in [5, 5.41) is 3.25. The van der Waals surface area contributed by atoms with Gasteiger partial charge >= 0.3 is 0 Å². The average Bonchev–Trinajstić information content (AvgIpc) is 2.77. The summed E-state index contributed by atoms with van der Waals surface area (Å²) in [6, 6.07) is 10.2. The summed E-state index contributed by atoms with van der Waals surface area (Å²) in [6.45, 7) is 6.24. The maximum Gasteiger partial charge on any atom is 0.230 e. The summed E-state index contributed by atoms with van der Waals surface area (Å²) in [4.78, 5) is 16.0. The molecule has 9 nitrogen and oxygen atoms in total. The second kappa shape index (κ2) is 12.3. The predicted octanol–water partition coefficient (Wildman–Crippen LogP) is 0.703. The zero-order valence-corrected chi connectivity index (χ0v) is 16.8. The molecule has 0 spiro atoms. The number of ether oxygens (including phenoxy) is 3. The van der Waals surface area contributed by atoms with Crippen molar-refractivity contribution < 1.29 is 14.2 Å². The molecule has 0 amide bonds. The van der Waals surface area contributed by atoms with Gasteiger partial charge in [0.05, 0.1) is 39.6 Å². The first-order valence-electron chi connectivity index (χ1n) is 10.1. The number of nitrogens with two attached hydrogens (primary N) is 1. The van der Waals surface area contributed by atoms with Gasteiger partial charge in [-0.2, -0.15) is 15.0 Å². The maximum atomic E-state index is 5.55. The van der Waals surface area contributed by atoms with Crippen LogP contribution >= 0.6 is 0 Å². The van der Waals surface area contributed by atoms with E-state index in [1.807, 2.05) is 18.2 Å². The lowest BCUT2D eigenvalue weighted by molar-refractivity contribution is 0.0547. The lowest BCUT2D eigenvalue weighted by Gasteiger charge is -2.27. The number of benzene rings is 1. The standard InChI is InChI=1S/C20H30N6O3/c21-6-10-27-14-15-28-11-7-22-19-23-18(16-17-4-2-1-3-5-17)24-20(25-19)26-8-12-29-13-9-26/h1-5H,6-16,21H2,(H,22,23,24,25). The SMILES string of the molecule is NCCOCCOCCNc1nc(Cc2ccccc2)nc(N2CCOCC2)n1. The van der Waals surface area contributed by atoms with Crippen molar-refractivity contribution in [2.24, 2.45) is 5.73 Å². The highest BCUT2D eigenvalue weighted by molar-refractivity contribution is 5.38. The Kier molecular flexibility index (Phi) is 9.05. The number of anilines is 2. The Balaban J connectivity index is 1.58. The van der Waals surface area contributed by atoms with Gasteiger partial charge in [0, 0.05) is 32.6 Å². The molecule has 3 N–H and O–H groups in total. The molecular weight excluding hydrogens is 372 g/mol. The third-order valence-corrected chi connectivity index (χ3v) is 4.33. The topological polar surface area (TPSA) is 108 Å². The van der Waals surface area contributed by atoms with E-state index in [4.69, 9.17) is 19.9 Å². The van der Waals surface area contributed by atoms with Crippen LogP contribution in [0, 0.1) is 0 Å². The molecule has 1 aromatic carbocycles. The van der Waals surface area contributed by atoms with Crippen LogP contribution in [0.2, 0.25) is 0 Å². The highest BCUT2D eigenvalue weighted by Gasteiger charge is 2.16. The van der Waals surface area contributed by atoms with Crippen molar-refractivity contribution in [3.8, 4) is 0 Å². The monoisotopic (exact) mass is 402 g/mol. The van der Waals surface area contributed by atoms with E-state index < -0.39 is 0 Å². The number of aromatic nitrogens is 3. The molecular formula is C20H30N6O3. The number of rotatable bonds is 12. The van der Waals surface area contributed by atoms with Gasteiger partial charge in [-0.3, -0.25) is 0 Å². The summed E-state index contributed by atoms with van der Waals surface area (Å²) in [6.07, 6.45) is 0.657. The molecule has 0 aliphatic carbocycles. The molecule has 0 bridgehead atoms. The molecule has 1 aromatic heterocycles. The Hall–Kier alpha value is -2.33. The molecule has 1 saturated heterocycles. The summed E-state index contributed by atoms with van der Waals surface area (Å²) >= 11 is 0. The van der Waals surface area contributed by atoms with Crippen LogP contribution in [0.3, 0.4) is 0 Å². The molecule has 2 aromatic rings. The van der Waals surface area contributed by atoms with Crippen molar-refractivity contribution in [3.05, 3.63) is 41.7 Å². The molecule has 1 aliphatic heterocycles. The first-order valence-corrected chi connectivity index (χ1v) is 10.1. The Labute approximate surface area is 171 Å². The van der Waals surface area contributed by atoms with Crippen molar-refractivity contribution >= 4 is 11.9 Å². The highest BCUT2D eigenvalue weighted by atomic mass is 16.5. The third kappa shape index (κ3) is 7.54. The summed E-state index contributed by atoms with van der Waals surface area (Å²) in [7, 11) is 0. The van der Waals surface area contributed by atoms with Crippen molar-refractivity contribution in [1.29, 1.82) is 0 Å². The minimum Gasteiger partial charge on any atom is -0.378 e. The second-order valence-corrected chi connectivity index (χ2v) is 6.58. The molecule has 158 valence electrons. The molecule has 1 aliphatic rings. The molecule has 0 atom stereocenters. The van der Waals surface area contributed by atoms with E-state index in [0.29, 0.717) is 71.0 Å². The molecule has 3 rings (SSSR count). The van der Waals surface area contributed by atoms with Crippen LogP contribution in [-0.4, -0.2) is 80.8 Å². The molecule has 0 radical (unpaired) electrons. The van der Waals surface area contributed by atoms with E-state index in [1.54, 1.807) is 0 Å². The van der Waals surface area contributed by atoms with Crippen molar-refractivity contribution in [1.82, 2.24) is 15.0 Å². The molecule has 0 saturated carbocycles. The highest BCUT2D eigenvalue weighted by Crippen LogP contribution is 2.15. The fourth-order valence-electron chi connectivity index (χ4n) is 2.89. The minimum absolute atomic E-state index is 0.526. The van der Waals surface area contributed by atoms with Gasteiger partial charge in [-0.05, 0) is 5.56 Å². The van der Waals surface area contributed by atoms with Gasteiger partial charge in [0.2, 0.25) is 11.9 Å². The Morgan fingerprint density at radius 2 is 1.72 bits per heavy atom. The molecule has 0 unspecified atom stereocenters. The summed E-state index contributed by atoms with van der Waals surface area (Å²) in [5.41, 5.74) is 6.54. The van der Waals surface area contributed by atoms with E-state index in [-0.39, 0.29) is 0 Å². The lowest BCUT2D eigenvalue weighted by atomic mass is 10.1. The lowest BCUT2D eigenvalue weighted by Crippen LogP contribution is -2.37. The fraction of sp³-hybridized carbons (Fsp3) is 0.550. The van der Waals surface area contributed by atoms with Gasteiger partial charge in [0.1, 0.15) is 5.82 Å². The van der Waals surface area contributed by atoms with Gasteiger partial charge < -0.3 is 30.2 Å². The van der Waals surface area contributed by atoms with Crippen molar-refractivity contribution in [3.63, 3.8) is 0 Å². The number of nitrogens with one attached hydrogen (secondary N) is 1. The first kappa shape index (κ1) is 21.4. The first-order chi connectivity index (χ1) is 14.3. The van der Waals surface area contributed by atoms with Gasteiger partial charge in [-0.15, -0.1) is 0 Å². The molecule has 9 heteroatoms. The van der Waals surface area contributed by atoms with E-state index in [9.17, 15) is 0 Å². The van der Waals surface area contributed by atoms with Gasteiger partial charge in [-0.1, -0.05) is 30.3 Å². The molecule has 29 heavy (non-hydrogen) atoms. The van der Waals surface area contributed by atoms with Crippen LogP contribution in [0.5, 0.6) is 0 Å². The Morgan fingerprint density at radius 3 is 2.48 bits per heavy atom. The quantitative estimate of drug-likeness (QED) is 0.496. The van der Waals surface area contributed by atoms with Crippen LogP contribution in [0.1, 0.15) is 11.4 Å². The van der Waals surface area contributed by atoms with E-state index >= 15 is 0 Å². The smallest absolute Gasteiger partial charge is 0.230 e. The Bertz CT molecular complexity index is 713. The average molecular weight is 402 g/mol. The molecule has 2 heterocycles. The summed E-state index contributed by atoms with van der Waals surface area (Å²) < 4.78 is 16.3. The van der Waals surface area contributed by atoms with Crippen LogP contribution in [0.25, 0.3) is 0 Å². The van der Waals surface area contributed by atoms with Crippen LogP contribution in [0.4, 0.5) is 11.9 Å². The minimum atomic E-state index is 0.526. The largest absolute Gasteiger partial charge is 0.378 e. The second-order valence-electron chi connectivity index (χ2n) is 6.58. The number of morpholine rings is 1. The van der Waals surface area contributed by atoms with Crippen molar-refractivity contribution in [2.45, 2.75) is 6.42 Å². The third-order valence-electron chi connectivity index (χ3n) is 4.33. The van der Waals surface area contributed by atoms with Crippen LogP contribution in [0.15, 0.2) is 30.3 Å². The Morgan fingerprint density at radius 1 is 0.966 bits per heavy atom. The zero-order valence-electron chi connectivity index (χ0n) is 16.8. The van der Waals surface area contributed by atoms with E-state index in [1.165, 1.54) is 5.56 Å². The number of nitrogens with zero attached hydrogens (tertiary/aromatic N) is 4. The number of hydrogen-bond acceptors (Lipinski definition) is 9. The van der Waals surface area contributed by atoms with Gasteiger partial charge in [0.25, 0.3) is 0 Å². The predicted molar refractivity (Wildman–Crippen MR) is 111 cm³/mol. The number of hydrogen-bond donors (Lipinski definition) is 2. The summed E-state index contributed by atoms with van der Waals surface area (Å²) in [5.74, 6) is 1.99. The normalized spacial score (nSPS) is 14.2. The van der Waals surface area contributed by atoms with Crippen molar-refractivity contribution in [2.75, 3.05) is 76.0 Å². The van der Waals surface area contributed by atoms with Gasteiger partial charge in [-0.25, -0.2) is 0 Å². The molecule has 1 fully saturated rings. The van der Waals surface area contributed by atoms with Gasteiger partial charge in [0.15, 0.2) is 0 Å². The van der Waals surface area contributed by atoms with Crippen LogP contribution in [-0.2, 0) is 20.6 Å². The van der Waals surface area contributed by atoms with E-state index in [2.05, 4.69) is 37.3 Å². The zero-order chi connectivity index (χ0) is 20.2. The maximum absolute atomic E-state index is 5.55. The van der Waals surface area contributed by atoms with Crippen LogP contribution < -0.4 is 16.0 Å². The fourth-order valence-corrected chi connectivity index (χ4v) is 2.89.